The maximum absolute atomic E-state index is 6.09. The average Bonchev–Trinajstić information content (AvgIpc) is 2.98. The van der Waals surface area contributed by atoms with Crippen LogP contribution in [-0.4, -0.2) is 13.7 Å². The second kappa shape index (κ2) is 7.83. The molecular weight excluding hydrogens is 302 g/mol. The first-order valence-electron chi connectivity index (χ1n) is 7.36. The summed E-state index contributed by atoms with van der Waals surface area (Å²) in [5, 5.41) is 4.24. The lowest BCUT2D eigenvalue weighted by Crippen LogP contribution is -2.20. The van der Waals surface area contributed by atoms with Crippen LogP contribution in [0, 0.1) is 0 Å². The van der Waals surface area contributed by atoms with Crippen molar-refractivity contribution in [2.45, 2.75) is 32.7 Å². The summed E-state index contributed by atoms with van der Waals surface area (Å²) in [6, 6.07) is 10.8. The van der Waals surface area contributed by atoms with Crippen molar-refractivity contribution < 1.29 is 4.74 Å². The van der Waals surface area contributed by atoms with Gasteiger partial charge in [-0.2, -0.15) is 0 Å². The summed E-state index contributed by atoms with van der Waals surface area (Å²) >= 11 is 7.92. The normalized spacial score (nSPS) is 12.4. The van der Waals surface area contributed by atoms with E-state index in [9.17, 15) is 0 Å². The molecule has 0 amide bonds. The lowest BCUT2D eigenvalue weighted by atomic mass is 10.1. The Hall–Kier alpha value is -1.03. The number of benzene rings is 1. The van der Waals surface area contributed by atoms with E-state index in [4.69, 9.17) is 16.3 Å². The van der Waals surface area contributed by atoms with Crippen molar-refractivity contribution in [1.82, 2.24) is 5.32 Å². The van der Waals surface area contributed by atoms with Crippen LogP contribution in [0.3, 0.4) is 0 Å². The molecule has 0 saturated heterocycles. The van der Waals surface area contributed by atoms with Gasteiger partial charge in [0.15, 0.2) is 0 Å². The smallest absolute Gasteiger partial charge is 0.138 e. The number of rotatable bonds is 7. The predicted molar refractivity (Wildman–Crippen MR) is 92.6 cm³/mol. The van der Waals surface area contributed by atoms with Gasteiger partial charge in [-0.1, -0.05) is 31.5 Å². The number of ether oxygens (including phenoxy) is 1. The standard InChI is InChI=1S/C17H22ClNOS/c1-4-10-19-14(5-2)17-9-8-16(21-17)12-6-7-13(18)15(11-12)20-3/h6-9,11,14,19H,4-5,10H2,1-3H3. The minimum absolute atomic E-state index is 0.442. The van der Waals surface area contributed by atoms with Crippen LogP contribution in [0.15, 0.2) is 30.3 Å². The van der Waals surface area contributed by atoms with Crippen molar-refractivity contribution in [2.75, 3.05) is 13.7 Å². The second-order valence-corrected chi connectivity index (χ2v) is 6.49. The molecule has 2 rings (SSSR count). The SMILES string of the molecule is CCCNC(CC)c1ccc(-c2ccc(Cl)c(OC)c2)s1. The van der Waals surface area contributed by atoms with Crippen molar-refractivity contribution >= 4 is 22.9 Å². The quantitative estimate of drug-likeness (QED) is 0.723. The van der Waals surface area contributed by atoms with E-state index in [0.29, 0.717) is 11.1 Å². The fourth-order valence-electron chi connectivity index (χ4n) is 2.27. The van der Waals surface area contributed by atoms with E-state index >= 15 is 0 Å². The summed E-state index contributed by atoms with van der Waals surface area (Å²) in [5.41, 5.74) is 1.15. The Morgan fingerprint density at radius 3 is 2.71 bits per heavy atom. The van der Waals surface area contributed by atoms with E-state index < -0.39 is 0 Å². The number of hydrogen-bond donors (Lipinski definition) is 1. The highest BCUT2D eigenvalue weighted by Crippen LogP contribution is 2.36. The lowest BCUT2D eigenvalue weighted by molar-refractivity contribution is 0.415. The molecule has 1 aromatic carbocycles. The van der Waals surface area contributed by atoms with Crippen molar-refractivity contribution in [1.29, 1.82) is 0 Å². The van der Waals surface area contributed by atoms with Gasteiger partial charge < -0.3 is 10.1 Å². The molecule has 0 spiro atoms. The monoisotopic (exact) mass is 323 g/mol. The van der Waals surface area contributed by atoms with Crippen molar-refractivity contribution in [3.05, 3.63) is 40.2 Å². The molecule has 0 saturated carbocycles. The first kappa shape index (κ1) is 16.3. The van der Waals surface area contributed by atoms with Crippen LogP contribution in [0.25, 0.3) is 10.4 Å². The molecule has 114 valence electrons. The highest BCUT2D eigenvalue weighted by molar-refractivity contribution is 7.15. The molecular formula is C17H22ClNOS. The average molecular weight is 324 g/mol. The number of thiophene rings is 1. The number of halogens is 1. The van der Waals surface area contributed by atoms with Gasteiger partial charge >= 0.3 is 0 Å². The van der Waals surface area contributed by atoms with Crippen LogP contribution in [-0.2, 0) is 0 Å². The van der Waals surface area contributed by atoms with Crippen LogP contribution in [0.1, 0.15) is 37.6 Å². The van der Waals surface area contributed by atoms with E-state index in [1.807, 2.05) is 29.5 Å². The lowest BCUT2D eigenvalue weighted by Gasteiger charge is -2.14. The summed E-state index contributed by atoms with van der Waals surface area (Å²) in [6.07, 6.45) is 2.26. The molecule has 0 bridgehead atoms. The third-order valence-electron chi connectivity index (χ3n) is 3.45. The zero-order chi connectivity index (χ0) is 15.2. The highest BCUT2D eigenvalue weighted by Gasteiger charge is 2.12. The van der Waals surface area contributed by atoms with Crippen LogP contribution >= 0.6 is 22.9 Å². The predicted octanol–water partition coefficient (Wildman–Crippen LogP) is 5.53. The molecule has 1 atom stereocenters. The van der Waals surface area contributed by atoms with Gasteiger partial charge in [-0.15, -0.1) is 11.3 Å². The maximum Gasteiger partial charge on any atom is 0.138 e. The second-order valence-electron chi connectivity index (χ2n) is 4.97. The Morgan fingerprint density at radius 2 is 2.05 bits per heavy atom. The van der Waals surface area contributed by atoms with Gasteiger partial charge in [-0.3, -0.25) is 0 Å². The summed E-state index contributed by atoms with van der Waals surface area (Å²) in [7, 11) is 1.65. The van der Waals surface area contributed by atoms with Gasteiger partial charge in [0, 0.05) is 15.8 Å². The van der Waals surface area contributed by atoms with Gasteiger partial charge in [-0.25, -0.2) is 0 Å². The zero-order valence-electron chi connectivity index (χ0n) is 12.8. The molecule has 4 heteroatoms. The topological polar surface area (TPSA) is 21.3 Å². The Bertz CT molecular complexity index is 582. The highest BCUT2D eigenvalue weighted by atomic mass is 35.5. The van der Waals surface area contributed by atoms with Crippen molar-refractivity contribution in [3.63, 3.8) is 0 Å². The molecule has 0 radical (unpaired) electrons. The molecule has 0 aliphatic heterocycles. The minimum Gasteiger partial charge on any atom is -0.495 e. The molecule has 1 unspecified atom stereocenters. The number of methoxy groups -OCH3 is 1. The third-order valence-corrected chi connectivity index (χ3v) is 5.02. The van der Waals surface area contributed by atoms with Gasteiger partial charge in [0.05, 0.1) is 12.1 Å². The van der Waals surface area contributed by atoms with Gasteiger partial charge in [-0.05, 0) is 49.2 Å². The summed E-state index contributed by atoms with van der Waals surface area (Å²) in [4.78, 5) is 2.63. The number of nitrogens with one attached hydrogen (secondary N) is 1. The summed E-state index contributed by atoms with van der Waals surface area (Å²) in [6.45, 7) is 5.47. The van der Waals surface area contributed by atoms with Gasteiger partial charge in [0.25, 0.3) is 0 Å². The van der Waals surface area contributed by atoms with Crippen LogP contribution in [0.2, 0.25) is 5.02 Å². The molecule has 0 aliphatic rings. The van der Waals surface area contributed by atoms with Crippen molar-refractivity contribution in [3.8, 4) is 16.2 Å². The van der Waals surface area contributed by atoms with E-state index in [1.54, 1.807) is 7.11 Å². The third kappa shape index (κ3) is 4.00. The summed E-state index contributed by atoms with van der Waals surface area (Å²) in [5.74, 6) is 0.722. The van der Waals surface area contributed by atoms with E-state index in [1.165, 1.54) is 9.75 Å². The number of hydrogen-bond acceptors (Lipinski definition) is 3. The molecule has 1 heterocycles. The van der Waals surface area contributed by atoms with Gasteiger partial charge in [0.1, 0.15) is 5.75 Å². The fourth-order valence-corrected chi connectivity index (χ4v) is 3.63. The Kier molecular flexibility index (Phi) is 6.09. The Labute approximate surface area is 136 Å². The largest absolute Gasteiger partial charge is 0.495 e. The Balaban J connectivity index is 2.22. The van der Waals surface area contributed by atoms with Crippen LogP contribution in [0.5, 0.6) is 5.75 Å². The Morgan fingerprint density at radius 1 is 1.24 bits per heavy atom. The maximum atomic E-state index is 6.09. The molecule has 2 nitrogen and oxygen atoms in total. The first-order valence-corrected chi connectivity index (χ1v) is 8.56. The molecule has 0 fully saturated rings. The van der Waals surface area contributed by atoms with Crippen LogP contribution in [0.4, 0.5) is 0 Å². The minimum atomic E-state index is 0.442. The summed E-state index contributed by atoms with van der Waals surface area (Å²) < 4.78 is 5.30. The molecule has 2 aromatic rings. The fraction of sp³-hybridized carbons (Fsp3) is 0.412. The first-order chi connectivity index (χ1) is 10.2. The van der Waals surface area contributed by atoms with Crippen molar-refractivity contribution in [2.24, 2.45) is 0 Å². The van der Waals surface area contributed by atoms with E-state index in [2.05, 4.69) is 31.3 Å². The van der Waals surface area contributed by atoms with E-state index in [-0.39, 0.29) is 0 Å². The molecule has 1 N–H and O–H groups in total. The van der Waals surface area contributed by atoms with E-state index in [0.717, 1.165) is 30.7 Å². The molecule has 1 aromatic heterocycles. The molecule has 0 aliphatic carbocycles. The van der Waals surface area contributed by atoms with Gasteiger partial charge in [0.2, 0.25) is 0 Å². The van der Waals surface area contributed by atoms with Crippen LogP contribution < -0.4 is 10.1 Å². The molecule has 21 heavy (non-hydrogen) atoms. The zero-order valence-corrected chi connectivity index (χ0v) is 14.4.